The van der Waals surface area contributed by atoms with E-state index in [1.54, 1.807) is 56.3 Å². The fraction of sp³-hybridized carbons (Fsp3) is 0.412. The molecule has 0 aliphatic carbocycles. The number of nitrogens with two attached hydrogens (primary N) is 3. The van der Waals surface area contributed by atoms with Gasteiger partial charge in [-0.15, -0.1) is 0 Å². The Kier molecular flexibility index (Phi) is 32.7. The number of phenols is 3. The first kappa shape index (κ1) is 95.6. The molecule has 124 heavy (non-hydrogen) atoms. The van der Waals surface area contributed by atoms with E-state index in [0.29, 0.717) is 34.3 Å². The third-order valence-electron chi connectivity index (χ3n) is 20.9. The maximum absolute atomic E-state index is 16.3. The summed E-state index contributed by atoms with van der Waals surface area (Å²) in [7, 11) is 2.67. The van der Waals surface area contributed by atoms with Gasteiger partial charge in [-0.1, -0.05) is 90.6 Å². The number of nitrogens with one attached hydrogen (secondary N) is 9. The van der Waals surface area contributed by atoms with Crippen LogP contribution in [0.5, 0.6) is 51.7 Å². The highest BCUT2D eigenvalue weighted by Crippen LogP contribution is 2.50. The van der Waals surface area contributed by atoms with Crippen LogP contribution >= 0.6 is 46.4 Å². The number of carbonyl (C=O) groups excluding carboxylic acids is 8. The number of primary amides is 1. The zero-order chi connectivity index (χ0) is 90.5. The van der Waals surface area contributed by atoms with Crippen molar-refractivity contribution >= 4 is 99.3 Å². The number of likely N-dealkylation sites (N-methyl/N-ethyl adjacent to an activating group) is 2. The van der Waals surface area contributed by atoms with Gasteiger partial charge in [0.2, 0.25) is 59.3 Å². The standard InChI is InChI=1S/C85H102Cl4N12O23/c1-38(2)24-56(93-7)78(112)100-71-72(108)45-17-21-61(55(89)28-45)121-63-30-46(69(98-79(113)57(34-65(92)107)97-83(71)117)82(116)99-68(80(114)94-8)44-15-19-58(105)50(26-44)67-51(32-48(104)33-59(67)106)70(96-41(5)103)81(115)95-23-10-9-22-90)29-62(120-60-20-16-43(39(3)102)27-54(60)88)75(63)124-84-76(74(110)73(109)64(36-91)122-84)123-66-35-85(6,77(111)40(4)119-66)101-47-12-11-13-49(31-47)118-37-42-14-18-52(86)53(87)25-42/h11-21,25-33,38-40,56-57,64,66,68-74,76-77,84,93,101-102,104-106,108-111H,9-10,22-24,34-37,90-91H2,1-8H3,(H2,92,107)(H,94,114)(H,95,115)(H,96,103)(H,97,117)(H,98,113)(H,99,116)(H,100,112)/t39-,40?,56+,57-,64?,66?,68?,69+,70+,71+,72+,73?,74?,76?,77?,84?,85?/m0/s1. The average molecular weight is 1800 g/mol. The van der Waals surface area contributed by atoms with Gasteiger partial charge in [0.15, 0.2) is 23.9 Å². The summed E-state index contributed by atoms with van der Waals surface area (Å²) in [6, 6.07) is 16.0. The minimum Gasteiger partial charge on any atom is -0.508 e. The normalized spacial score (nSPS) is 23.1. The van der Waals surface area contributed by atoms with Crippen LogP contribution < -0.4 is 84.0 Å². The van der Waals surface area contributed by atoms with Crippen LogP contribution in [-0.2, 0) is 59.2 Å². The summed E-state index contributed by atoms with van der Waals surface area (Å²) in [6.07, 6.45) is -16.2. The van der Waals surface area contributed by atoms with Gasteiger partial charge in [-0.3, -0.25) is 38.4 Å². The smallest absolute Gasteiger partial charge is 0.248 e. The zero-order valence-corrected chi connectivity index (χ0v) is 71.7. The Morgan fingerprint density at radius 3 is 2.12 bits per heavy atom. The van der Waals surface area contributed by atoms with Gasteiger partial charge in [-0.25, -0.2) is 0 Å². The van der Waals surface area contributed by atoms with Crippen molar-refractivity contribution in [3.05, 3.63) is 175 Å². The number of ether oxygens (including phenoxy) is 7. The number of unbranched alkanes of at least 4 members (excludes halogenated alkanes) is 1. The minimum atomic E-state index is -2.31. The van der Waals surface area contributed by atoms with E-state index in [1.165, 1.54) is 57.4 Å². The van der Waals surface area contributed by atoms with E-state index in [-0.39, 0.29) is 93.4 Å². The predicted molar refractivity (Wildman–Crippen MR) is 455 cm³/mol. The van der Waals surface area contributed by atoms with Crippen LogP contribution in [0.1, 0.15) is 137 Å². The van der Waals surface area contributed by atoms with Crippen molar-refractivity contribution in [1.82, 2.24) is 42.5 Å². The van der Waals surface area contributed by atoms with E-state index in [2.05, 4.69) is 47.9 Å². The molecule has 0 aromatic heterocycles. The first-order chi connectivity index (χ1) is 58.8. The summed E-state index contributed by atoms with van der Waals surface area (Å²) < 4.78 is 46.1. The predicted octanol–water partition coefficient (Wildman–Crippen LogP) is 6.16. The number of hydrogen-bond acceptors (Lipinski definition) is 27. The maximum atomic E-state index is 16.3. The van der Waals surface area contributed by atoms with Gasteiger partial charge in [0.05, 0.1) is 50.3 Å². The number of amides is 8. The minimum absolute atomic E-state index is 0.0694. The Labute approximate surface area is 733 Å². The van der Waals surface area contributed by atoms with Gasteiger partial charge in [0.1, 0.15) is 102 Å². The molecule has 23 N–H and O–H groups in total. The summed E-state index contributed by atoms with van der Waals surface area (Å²) in [5, 5.41) is 118. The van der Waals surface area contributed by atoms with Gasteiger partial charge in [0, 0.05) is 62.4 Å². The molecule has 2 saturated heterocycles. The maximum Gasteiger partial charge on any atom is 0.248 e. The third kappa shape index (κ3) is 23.5. The number of halogens is 4. The lowest BCUT2D eigenvalue weighted by molar-refractivity contribution is -0.329. The summed E-state index contributed by atoms with van der Waals surface area (Å²) in [5.41, 5.74) is 16.1. The Balaban J connectivity index is 1.15. The molecule has 7 aromatic carbocycles. The average Bonchev–Trinajstić information content (AvgIpc) is 0.771. The third-order valence-corrected chi connectivity index (χ3v) is 22.3. The molecule has 8 amide bonds. The van der Waals surface area contributed by atoms with Crippen LogP contribution in [0.3, 0.4) is 0 Å². The van der Waals surface area contributed by atoms with E-state index in [1.807, 2.05) is 13.8 Å². The van der Waals surface area contributed by atoms with Crippen LogP contribution in [0.15, 0.2) is 121 Å². The molecule has 35 nitrogen and oxygen atoms in total. The second kappa shape index (κ2) is 42.4. The summed E-state index contributed by atoms with van der Waals surface area (Å²) in [6.45, 7) is 9.45. The van der Waals surface area contributed by atoms with E-state index >= 15 is 14.4 Å². The number of aliphatic hydroxyl groups excluding tert-OH is 5. The Hall–Kier alpha value is -10.6. The lowest BCUT2D eigenvalue weighted by Gasteiger charge is -2.48. The summed E-state index contributed by atoms with van der Waals surface area (Å²) in [4.78, 5) is 116. The number of fused-ring (bicyclic) bond motifs is 9. The quantitative estimate of drug-likeness (QED) is 0.0210. The highest BCUT2D eigenvalue weighted by Gasteiger charge is 2.52. The molecule has 0 radical (unpaired) electrons. The molecular formula is C85H102Cl4N12O23. The fourth-order valence-corrected chi connectivity index (χ4v) is 15.3. The molecule has 2 fully saturated rings. The number of aliphatic hydroxyl groups is 5. The van der Waals surface area contributed by atoms with Gasteiger partial charge in [-0.2, -0.15) is 0 Å². The van der Waals surface area contributed by atoms with E-state index < -0.39 is 203 Å². The molecule has 668 valence electrons. The van der Waals surface area contributed by atoms with Crippen LogP contribution in [0.2, 0.25) is 20.1 Å². The topological polar surface area (TPSA) is 549 Å². The van der Waals surface area contributed by atoms with Crippen molar-refractivity contribution < 1.29 is 112 Å². The lowest BCUT2D eigenvalue weighted by Crippen LogP contribution is -2.64. The number of rotatable bonds is 32. The van der Waals surface area contributed by atoms with Crippen LogP contribution in [0.25, 0.3) is 11.1 Å². The molecule has 4 aliphatic heterocycles. The highest BCUT2D eigenvalue weighted by molar-refractivity contribution is 6.42. The van der Waals surface area contributed by atoms with Crippen molar-refractivity contribution in [2.45, 2.75) is 183 Å². The number of hydrogen-bond donors (Lipinski definition) is 20. The van der Waals surface area contributed by atoms with Crippen molar-refractivity contribution in [3.63, 3.8) is 0 Å². The Bertz CT molecular complexity index is 5060. The van der Waals surface area contributed by atoms with Crippen LogP contribution in [0.4, 0.5) is 5.69 Å². The number of phenolic OH excluding ortho intramolecular Hbond substituents is 3. The number of aromatic hydroxyl groups is 3. The zero-order valence-electron chi connectivity index (χ0n) is 68.7. The SMILES string of the molecule is CNC(=O)C(NC(=O)[C@@H]1NC(=O)[C@H](CC(N)=O)NC(=O)[C@H](NC(=O)[C@@H](CC(C)C)NC)[C@H](O)c2ccc(c(Cl)c2)Oc2cc1cc(Oc1ccc([C@H](C)O)cc1Cl)c2OC1OC(CN)C(O)C(O)C1OC1CC(C)(Nc2cccc(OCc3ccc(Cl)c(Cl)c3)c2)C(O)C(C)O1)c1ccc(O)c(-c2c(O)cc(O)cc2[C@@H](NC(C)=O)C(=O)NCCCCN)c1. The molecule has 4 heterocycles. The molecule has 4 bridgehead atoms. The van der Waals surface area contributed by atoms with E-state index in [0.717, 1.165) is 55.0 Å². The largest absolute Gasteiger partial charge is 0.508 e. The van der Waals surface area contributed by atoms with Crippen molar-refractivity contribution in [3.8, 4) is 62.9 Å². The number of carbonyl (C=O) groups is 8. The van der Waals surface area contributed by atoms with Crippen LogP contribution in [0, 0.1) is 5.92 Å². The van der Waals surface area contributed by atoms with Crippen molar-refractivity contribution in [2.75, 3.05) is 39.0 Å². The monoisotopic (exact) mass is 1800 g/mol. The second-order valence-corrected chi connectivity index (χ2v) is 32.5. The van der Waals surface area contributed by atoms with E-state index in [9.17, 15) is 64.8 Å². The molecule has 0 saturated carbocycles. The first-order valence-corrected chi connectivity index (χ1v) is 41.2. The molecule has 10 unspecified atom stereocenters. The number of anilines is 1. The summed E-state index contributed by atoms with van der Waals surface area (Å²) >= 11 is 26.7. The van der Waals surface area contributed by atoms with E-state index in [4.69, 9.17) is 96.8 Å². The second-order valence-electron chi connectivity index (χ2n) is 30.9. The van der Waals surface area contributed by atoms with Crippen molar-refractivity contribution in [2.24, 2.45) is 23.1 Å². The molecule has 7 aromatic rings. The molecule has 39 heteroatoms. The van der Waals surface area contributed by atoms with Gasteiger partial charge >= 0.3 is 0 Å². The van der Waals surface area contributed by atoms with Crippen molar-refractivity contribution in [1.29, 1.82) is 0 Å². The lowest BCUT2D eigenvalue weighted by atomic mass is 9.84. The van der Waals surface area contributed by atoms with Gasteiger partial charge < -0.3 is 139 Å². The van der Waals surface area contributed by atoms with Crippen LogP contribution in [-0.4, -0.2) is 195 Å². The first-order valence-electron chi connectivity index (χ1n) is 39.7. The molecule has 17 atom stereocenters. The molecule has 4 aliphatic rings. The Morgan fingerprint density at radius 1 is 0.718 bits per heavy atom. The number of benzene rings is 7. The molecule has 0 spiro atoms. The van der Waals surface area contributed by atoms with Gasteiger partial charge in [0.25, 0.3) is 0 Å². The highest BCUT2D eigenvalue weighted by atomic mass is 35.5. The fourth-order valence-electron chi connectivity index (χ4n) is 14.5. The molecule has 11 rings (SSSR count). The summed E-state index contributed by atoms with van der Waals surface area (Å²) in [5.74, 6) is -12.7. The Morgan fingerprint density at radius 2 is 1.46 bits per heavy atom. The van der Waals surface area contributed by atoms with Gasteiger partial charge in [-0.05, 0) is 172 Å². The molecular weight excluding hydrogens is 1700 g/mol.